The van der Waals surface area contributed by atoms with Gasteiger partial charge in [-0.15, -0.1) is 0 Å². The molecule has 0 bridgehead atoms. The van der Waals surface area contributed by atoms with Crippen molar-refractivity contribution < 1.29 is 14.6 Å². The number of nitrogens with one attached hydrogen (secondary N) is 1. The molecule has 1 unspecified atom stereocenters. The average molecular weight is 281 g/mol. The number of rotatable bonds is 4. The van der Waals surface area contributed by atoms with E-state index in [0.717, 1.165) is 6.42 Å². The van der Waals surface area contributed by atoms with Gasteiger partial charge in [0.25, 0.3) is 5.56 Å². The zero-order chi connectivity index (χ0) is 14.8. The number of hydrogen-bond donors (Lipinski definition) is 2. The van der Waals surface area contributed by atoms with Crippen LogP contribution in [0.3, 0.4) is 0 Å². The molecule has 20 heavy (non-hydrogen) atoms. The number of piperidine rings is 1. The summed E-state index contributed by atoms with van der Waals surface area (Å²) in [5.74, 6) is -0.256. The van der Waals surface area contributed by atoms with E-state index in [2.05, 4.69) is 9.97 Å². The van der Waals surface area contributed by atoms with Gasteiger partial charge in [0.15, 0.2) is 5.82 Å². The van der Waals surface area contributed by atoms with Gasteiger partial charge < -0.3 is 19.7 Å². The molecular weight excluding hydrogens is 262 g/mol. The first-order valence-corrected chi connectivity index (χ1v) is 6.64. The second-order valence-electron chi connectivity index (χ2n) is 5.05. The molecule has 7 heteroatoms. The van der Waals surface area contributed by atoms with E-state index in [4.69, 9.17) is 4.74 Å². The third-order valence-corrected chi connectivity index (χ3v) is 4.00. The van der Waals surface area contributed by atoms with Gasteiger partial charge in [0.2, 0.25) is 5.75 Å². The van der Waals surface area contributed by atoms with E-state index in [1.54, 1.807) is 0 Å². The number of aromatic nitrogens is 2. The molecule has 110 valence electrons. The molecule has 1 atom stereocenters. The molecule has 0 spiro atoms. The van der Waals surface area contributed by atoms with Gasteiger partial charge in [-0.1, -0.05) is 6.92 Å². The molecule has 7 nitrogen and oxygen atoms in total. The maximum atomic E-state index is 11.7. The summed E-state index contributed by atoms with van der Waals surface area (Å²) in [5, 5.41) is 9.49. The Kier molecular flexibility index (Phi) is 3.96. The number of aliphatic carboxylic acids is 1. The van der Waals surface area contributed by atoms with Gasteiger partial charge in [0.1, 0.15) is 0 Å². The molecule has 0 aliphatic carbocycles. The van der Waals surface area contributed by atoms with Crippen LogP contribution in [0, 0.1) is 5.41 Å². The van der Waals surface area contributed by atoms with Crippen molar-refractivity contribution in [2.24, 2.45) is 5.41 Å². The van der Waals surface area contributed by atoms with Crippen LogP contribution < -0.4 is 15.2 Å². The maximum absolute atomic E-state index is 11.7. The molecule has 1 aromatic heterocycles. The number of carboxylic acid groups (broad SMARTS) is 1. The molecule has 1 saturated heterocycles. The molecule has 1 aliphatic heterocycles. The van der Waals surface area contributed by atoms with E-state index in [1.165, 1.54) is 13.4 Å². The van der Waals surface area contributed by atoms with Gasteiger partial charge in [-0.3, -0.25) is 9.59 Å². The minimum absolute atomic E-state index is 0.129. The van der Waals surface area contributed by atoms with Crippen molar-refractivity contribution in [3.05, 3.63) is 16.7 Å². The average Bonchev–Trinajstić information content (AvgIpc) is 2.46. The SMILES string of the molecule is CCC1(C(=O)O)CCCN(c2nc[nH]c(=O)c2OC)C1. The van der Waals surface area contributed by atoms with Crippen LogP contribution in [0.1, 0.15) is 26.2 Å². The molecule has 0 radical (unpaired) electrons. The third kappa shape index (κ3) is 2.35. The fourth-order valence-corrected chi connectivity index (χ4v) is 2.71. The van der Waals surface area contributed by atoms with Crippen LogP contribution in [-0.4, -0.2) is 41.2 Å². The van der Waals surface area contributed by atoms with Crippen molar-refractivity contribution in [1.29, 1.82) is 0 Å². The second-order valence-corrected chi connectivity index (χ2v) is 5.05. The maximum Gasteiger partial charge on any atom is 0.311 e. The zero-order valence-electron chi connectivity index (χ0n) is 11.7. The van der Waals surface area contributed by atoms with Crippen LogP contribution in [0.4, 0.5) is 5.82 Å². The summed E-state index contributed by atoms with van der Waals surface area (Å²) in [7, 11) is 1.41. The fourth-order valence-electron chi connectivity index (χ4n) is 2.71. The first-order chi connectivity index (χ1) is 9.54. The lowest BCUT2D eigenvalue weighted by Crippen LogP contribution is -2.48. The predicted molar refractivity (Wildman–Crippen MR) is 73.2 cm³/mol. The van der Waals surface area contributed by atoms with Gasteiger partial charge >= 0.3 is 5.97 Å². The van der Waals surface area contributed by atoms with E-state index in [9.17, 15) is 14.7 Å². The highest BCUT2D eigenvalue weighted by Crippen LogP contribution is 2.36. The van der Waals surface area contributed by atoms with Crippen LogP contribution >= 0.6 is 0 Å². The van der Waals surface area contributed by atoms with Crippen molar-refractivity contribution in [2.45, 2.75) is 26.2 Å². The summed E-state index contributed by atoms with van der Waals surface area (Å²) in [6.45, 7) is 2.88. The van der Waals surface area contributed by atoms with E-state index in [1.807, 2.05) is 11.8 Å². The molecule has 1 fully saturated rings. The van der Waals surface area contributed by atoms with Gasteiger partial charge in [-0.2, -0.15) is 0 Å². The highest BCUT2D eigenvalue weighted by Gasteiger charge is 2.41. The highest BCUT2D eigenvalue weighted by atomic mass is 16.5. The van der Waals surface area contributed by atoms with Gasteiger partial charge in [0.05, 0.1) is 18.9 Å². The lowest BCUT2D eigenvalue weighted by atomic mass is 9.77. The van der Waals surface area contributed by atoms with E-state index < -0.39 is 11.4 Å². The number of methoxy groups -OCH3 is 1. The summed E-state index contributed by atoms with van der Waals surface area (Å²) in [4.78, 5) is 31.7. The molecule has 1 aromatic rings. The van der Waals surface area contributed by atoms with Crippen molar-refractivity contribution in [3.8, 4) is 5.75 Å². The summed E-state index contributed by atoms with van der Waals surface area (Å²) in [6, 6.07) is 0. The first-order valence-electron chi connectivity index (χ1n) is 6.64. The van der Waals surface area contributed by atoms with Crippen molar-refractivity contribution >= 4 is 11.8 Å². The molecule has 0 aromatic carbocycles. The second kappa shape index (κ2) is 5.52. The predicted octanol–water partition coefficient (Wildman–Crippen LogP) is 0.860. The molecule has 1 aliphatic rings. The molecule has 2 heterocycles. The lowest BCUT2D eigenvalue weighted by Gasteiger charge is -2.40. The minimum Gasteiger partial charge on any atom is -0.489 e. The molecule has 0 amide bonds. The molecular formula is C13H19N3O4. The summed E-state index contributed by atoms with van der Waals surface area (Å²) >= 11 is 0. The smallest absolute Gasteiger partial charge is 0.311 e. The highest BCUT2D eigenvalue weighted by molar-refractivity contribution is 5.76. The molecule has 2 rings (SSSR count). The Morgan fingerprint density at radius 2 is 2.40 bits per heavy atom. The van der Waals surface area contributed by atoms with Crippen molar-refractivity contribution in [2.75, 3.05) is 25.1 Å². The largest absolute Gasteiger partial charge is 0.489 e. The Bertz CT molecular complexity index is 557. The number of aromatic amines is 1. The fraction of sp³-hybridized carbons (Fsp3) is 0.615. The van der Waals surface area contributed by atoms with E-state index >= 15 is 0 Å². The quantitative estimate of drug-likeness (QED) is 0.850. The Morgan fingerprint density at radius 3 is 3.00 bits per heavy atom. The zero-order valence-corrected chi connectivity index (χ0v) is 11.7. The topological polar surface area (TPSA) is 95.5 Å². The number of anilines is 1. The standard InChI is InChI=1S/C13H19N3O4/c1-3-13(12(18)19)5-4-6-16(7-13)10-9(20-2)11(17)15-8-14-10/h8H,3-7H2,1-2H3,(H,18,19)(H,14,15,17). The van der Waals surface area contributed by atoms with Gasteiger partial charge in [0, 0.05) is 13.1 Å². The van der Waals surface area contributed by atoms with Crippen LogP contribution in [0.5, 0.6) is 5.75 Å². The van der Waals surface area contributed by atoms with Crippen LogP contribution in [-0.2, 0) is 4.79 Å². The molecule has 2 N–H and O–H groups in total. The number of H-pyrrole nitrogens is 1. The summed E-state index contributed by atoms with van der Waals surface area (Å²) in [6.07, 6.45) is 3.24. The van der Waals surface area contributed by atoms with Crippen molar-refractivity contribution in [1.82, 2.24) is 9.97 Å². The number of nitrogens with zero attached hydrogens (tertiary/aromatic N) is 2. The number of carbonyl (C=O) groups is 1. The monoisotopic (exact) mass is 281 g/mol. The Hall–Kier alpha value is -2.05. The summed E-state index contributed by atoms with van der Waals surface area (Å²) in [5.41, 5.74) is -1.14. The van der Waals surface area contributed by atoms with Crippen LogP contribution in [0.2, 0.25) is 0 Å². The Balaban J connectivity index is 2.37. The molecule has 0 saturated carbocycles. The number of hydrogen-bond acceptors (Lipinski definition) is 5. The lowest BCUT2D eigenvalue weighted by molar-refractivity contribution is -0.149. The van der Waals surface area contributed by atoms with E-state index in [-0.39, 0.29) is 11.3 Å². The van der Waals surface area contributed by atoms with Crippen LogP contribution in [0.25, 0.3) is 0 Å². The number of ether oxygens (including phenoxy) is 1. The van der Waals surface area contributed by atoms with E-state index in [0.29, 0.717) is 31.7 Å². The van der Waals surface area contributed by atoms with Crippen LogP contribution in [0.15, 0.2) is 11.1 Å². The van der Waals surface area contributed by atoms with Gasteiger partial charge in [-0.05, 0) is 19.3 Å². The minimum atomic E-state index is -0.798. The Morgan fingerprint density at radius 1 is 1.65 bits per heavy atom. The normalized spacial score (nSPS) is 22.6. The third-order valence-electron chi connectivity index (χ3n) is 4.00. The first kappa shape index (κ1) is 14.4. The number of carboxylic acids is 1. The Labute approximate surface area is 116 Å². The summed E-state index contributed by atoms with van der Waals surface area (Å²) < 4.78 is 5.10. The van der Waals surface area contributed by atoms with Crippen molar-refractivity contribution in [3.63, 3.8) is 0 Å². The van der Waals surface area contributed by atoms with Gasteiger partial charge in [-0.25, -0.2) is 4.98 Å².